The third kappa shape index (κ3) is 4.34. The van der Waals surface area contributed by atoms with E-state index in [9.17, 15) is 9.90 Å². The first-order valence-electron chi connectivity index (χ1n) is 10.7. The molecule has 1 N–H and O–H groups in total. The molecule has 5 rings (SSSR count). The van der Waals surface area contributed by atoms with Crippen LogP contribution < -0.4 is 4.74 Å². The monoisotopic (exact) mass is 466 g/mol. The van der Waals surface area contributed by atoms with E-state index in [2.05, 4.69) is 10.2 Å². The number of carboxylic acid groups (broad SMARTS) is 1. The number of nitrogens with zero attached hydrogens (tertiary/aromatic N) is 2. The summed E-state index contributed by atoms with van der Waals surface area (Å²) in [5.74, 6) is -0.308. The Bertz CT molecular complexity index is 1500. The topological polar surface area (TPSA) is 72.3 Å². The molecular formula is C28H19ClN2O3. The third-order valence-electron chi connectivity index (χ3n) is 5.49. The van der Waals surface area contributed by atoms with E-state index in [1.165, 1.54) is 0 Å². The summed E-state index contributed by atoms with van der Waals surface area (Å²) in [4.78, 5) is 11.2. The molecule has 0 saturated heterocycles. The average Bonchev–Trinajstić information content (AvgIpc) is 2.88. The maximum atomic E-state index is 11.2. The minimum Gasteiger partial charge on any atom is -0.489 e. The molecule has 0 saturated carbocycles. The van der Waals surface area contributed by atoms with Gasteiger partial charge in [-0.25, -0.2) is 4.79 Å². The minimum absolute atomic E-state index is 0.230. The second-order valence-corrected chi connectivity index (χ2v) is 8.15. The van der Waals surface area contributed by atoms with Crippen LogP contribution in [0.1, 0.15) is 15.9 Å². The van der Waals surface area contributed by atoms with Gasteiger partial charge in [0, 0.05) is 16.5 Å². The second-order valence-electron chi connectivity index (χ2n) is 7.75. The molecule has 1 aromatic heterocycles. The minimum atomic E-state index is -0.965. The van der Waals surface area contributed by atoms with Crippen molar-refractivity contribution in [3.05, 3.63) is 113 Å². The van der Waals surface area contributed by atoms with Crippen molar-refractivity contribution in [3.63, 3.8) is 0 Å². The molecule has 0 bridgehead atoms. The fraction of sp³-hybridized carbons (Fsp3) is 0.0357. The highest BCUT2D eigenvalue weighted by molar-refractivity contribution is 6.35. The molecule has 0 aliphatic rings. The second kappa shape index (κ2) is 9.33. The van der Waals surface area contributed by atoms with Crippen LogP contribution in [0.3, 0.4) is 0 Å². The fourth-order valence-corrected chi connectivity index (χ4v) is 4.10. The van der Waals surface area contributed by atoms with Crippen LogP contribution in [0.2, 0.25) is 5.02 Å². The number of benzene rings is 4. The smallest absolute Gasteiger partial charge is 0.335 e. The standard InChI is InChI=1S/C28H19ClN2O3/c29-24-14-6-13-23-25(26(30-31-27(23)24)19-8-2-1-3-9-19)20-10-5-12-22(16-20)34-17-18-7-4-11-21(15-18)28(32)33/h1-16H,17H2,(H,32,33). The number of carbonyl (C=O) groups is 1. The normalized spacial score (nSPS) is 10.9. The first-order chi connectivity index (χ1) is 16.6. The summed E-state index contributed by atoms with van der Waals surface area (Å²) in [5.41, 5.74) is 5.17. The quantitative estimate of drug-likeness (QED) is 0.295. The van der Waals surface area contributed by atoms with Crippen LogP contribution in [-0.2, 0) is 6.61 Å². The van der Waals surface area contributed by atoms with E-state index < -0.39 is 5.97 Å². The number of fused-ring (bicyclic) bond motifs is 1. The Kier molecular flexibility index (Phi) is 5.93. The van der Waals surface area contributed by atoms with Gasteiger partial charge in [0.15, 0.2) is 0 Å². The first-order valence-corrected chi connectivity index (χ1v) is 11.0. The molecule has 0 amide bonds. The molecule has 0 fully saturated rings. The average molecular weight is 467 g/mol. The van der Waals surface area contributed by atoms with Crippen molar-refractivity contribution >= 4 is 28.5 Å². The van der Waals surface area contributed by atoms with Gasteiger partial charge in [-0.05, 0) is 41.5 Å². The SMILES string of the molecule is O=C(O)c1cccc(COc2cccc(-c3c(-c4ccccc4)nnc4c(Cl)cccc34)c2)c1. The number of carboxylic acids is 1. The van der Waals surface area contributed by atoms with E-state index in [4.69, 9.17) is 16.3 Å². The Morgan fingerprint density at radius 2 is 1.59 bits per heavy atom. The highest BCUT2D eigenvalue weighted by atomic mass is 35.5. The summed E-state index contributed by atoms with van der Waals surface area (Å²) in [7, 11) is 0. The van der Waals surface area contributed by atoms with Crippen LogP contribution in [0.15, 0.2) is 97.1 Å². The number of aromatic carboxylic acids is 1. The Balaban J connectivity index is 1.56. The van der Waals surface area contributed by atoms with Crippen LogP contribution >= 0.6 is 11.6 Å². The molecule has 6 heteroatoms. The third-order valence-corrected chi connectivity index (χ3v) is 5.80. The summed E-state index contributed by atoms with van der Waals surface area (Å²) in [6, 6.07) is 30.1. The molecule has 4 aromatic carbocycles. The number of ether oxygens (including phenoxy) is 1. The summed E-state index contributed by atoms with van der Waals surface area (Å²) in [6.07, 6.45) is 0. The molecule has 1 heterocycles. The van der Waals surface area contributed by atoms with Gasteiger partial charge < -0.3 is 9.84 Å². The Labute approximate surface area is 201 Å². The van der Waals surface area contributed by atoms with Crippen LogP contribution in [0.25, 0.3) is 33.3 Å². The van der Waals surface area contributed by atoms with Crippen molar-refractivity contribution in [1.29, 1.82) is 0 Å². The molecule has 0 aliphatic heterocycles. The zero-order chi connectivity index (χ0) is 23.5. The van der Waals surface area contributed by atoms with Gasteiger partial charge >= 0.3 is 5.97 Å². The predicted molar refractivity (Wildman–Crippen MR) is 133 cm³/mol. The lowest BCUT2D eigenvalue weighted by Gasteiger charge is -2.14. The van der Waals surface area contributed by atoms with Crippen molar-refractivity contribution in [2.75, 3.05) is 0 Å². The molecular weight excluding hydrogens is 448 g/mol. The lowest BCUT2D eigenvalue weighted by molar-refractivity contribution is 0.0696. The summed E-state index contributed by atoms with van der Waals surface area (Å²) < 4.78 is 6.02. The molecule has 0 spiro atoms. The Morgan fingerprint density at radius 1 is 0.824 bits per heavy atom. The molecule has 0 unspecified atom stereocenters. The number of halogens is 1. The van der Waals surface area contributed by atoms with Gasteiger partial charge in [0.05, 0.1) is 10.6 Å². The summed E-state index contributed by atoms with van der Waals surface area (Å²) in [6.45, 7) is 0.247. The van der Waals surface area contributed by atoms with Gasteiger partial charge in [-0.1, -0.05) is 78.3 Å². The number of hydrogen-bond acceptors (Lipinski definition) is 4. The summed E-state index contributed by atoms with van der Waals surface area (Å²) in [5, 5.41) is 19.6. The van der Waals surface area contributed by atoms with Crippen LogP contribution in [-0.4, -0.2) is 21.3 Å². The maximum absolute atomic E-state index is 11.2. The van der Waals surface area contributed by atoms with Crippen LogP contribution in [0, 0.1) is 0 Å². The molecule has 0 aliphatic carbocycles. The molecule has 5 nitrogen and oxygen atoms in total. The largest absolute Gasteiger partial charge is 0.489 e. The van der Waals surface area contributed by atoms with Crippen LogP contribution in [0.5, 0.6) is 5.75 Å². The molecule has 0 radical (unpaired) electrons. The van der Waals surface area contributed by atoms with Crippen molar-refractivity contribution in [1.82, 2.24) is 10.2 Å². The molecule has 5 aromatic rings. The Morgan fingerprint density at radius 3 is 2.41 bits per heavy atom. The van der Waals surface area contributed by atoms with Gasteiger partial charge in [0.2, 0.25) is 0 Å². The van der Waals surface area contributed by atoms with Gasteiger partial charge in [0.25, 0.3) is 0 Å². The Hall–Kier alpha value is -4.22. The maximum Gasteiger partial charge on any atom is 0.335 e. The van der Waals surface area contributed by atoms with E-state index in [0.717, 1.165) is 33.3 Å². The predicted octanol–water partition coefficient (Wildman–Crippen LogP) is 6.89. The van der Waals surface area contributed by atoms with Gasteiger partial charge in [0.1, 0.15) is 23.6 Å². The highest BCUT2D eigenvalue weighted by Gasteiger charge is 2.16. The van der Waals surface area contributed by atoms with Crippen molar-refractivity contribution < 1.29 is 14.6 Å². The lowest BCUT2D eigenvalue weighted by Crippen LogP contribution is -2.00. The molecule has 34 heavy (non-hydrogen) atoms. The van der Waals surface area contributed by atoms with E-state index in [1.807, 2.05) is 72.8 Å². The van der Waals surface area contributed by atoms with Gasteiger partial charge in [-0.15, -0.1) is 10.2 Å². The van der Waals surface area contributed by atoms with Gasteiger partial charge in [-0.2, -0.15) is 0 Å². The van der Waals surface area contributed by atoms with Crippen molar-refractivity contribution in [3.8, 4) is 28.1 Å². The number of hydrogen-bond donors (Lipinski definition) is 1. The first kappa shape index (κ1) is 21.6. The molecule has 0 atom stereocenters. The highest BCUT2D eigenvalue weighted by Crippen LogP contribution is 2.38. The van der Waals surface area contributed by atoms with E-state index >= 15 is 0 Å². The number of rotatable bonds is 6. The van der Waals surface area contributed by atoms with Crippen molar-refractivity contribution in [2.45, 2.75) is 6.61 Å². The summed E-state index contributed by atoms with van der Waals surface area (Å²) >= 11 is 6.43. The van der Waals surface area contributed by atoms with Gasteiger partial charge in [-0.3, -0.25) is 0 Å². The lowest BCUT2D eigenvalue weighted by atomic mass is 9.95. The number of aromatic nitrogens is 2. The van der Waals surface area contributed by atoms with Crippen LogP contribution in [0.4, 0.5) is 0 Å². The zero-order valence-electron chi connectivity index (χ0n) is 18.0. The van der Waals surface area contributed by atoms with E-state index in [-0.39, 0.29) is 12.2 Å². The zero-order valence-corrected chi connectivity index (χ0v) is 18.7. The van der Waals surface area contributed by atoms with Crippen molar-refractivity contribution in [2.24, 2.45) is 0 Å². The van der Waals surface area contributed by atoms with E-state index in [0.29, 0.717) is 16.3 Å². The fourth-order valence-electron chi connectivity index (χ4n) is 3.89. The molecule has 166 valence electrons. The van der Waals surface area contributed by atoms with E-state index in [1.54, 1.807) is 24.3 Å².